The van der Waals surface area contributed by atoms with E-state index in [1.807, 2.05) is 0 Å². The van der Waals surface area contributed by atoms with Crippen LogP contribution in [-0.4, -0.2) is 32.2 Å². The predicted molar refractivity (Wildman–Crippen MR) is 65.2 cm³/mol. The van der Waals surface area contributed by atoms with Crippen molar-refractivity contribution in [3.8, 4) is 0 Å². The number of anilines is 1. The molecule has 19 heavy (non-hydrogen) atoms. The molecule has 0 aromatic carbocycles. The SMILES string of the molecule is CCNS(=O)(=O)CCNc1cccc(C(F)(F)F)n1. The molecule has 0 fully saturated rings. The maximum atomic E-state index is 12.4. The van der Waals surface area contributed by atoms with E-state index in [1.54, 1.807) is 6.92 Å². The Bertz CT molecular complexity index is 517. The maximum Gasteiger partial charge on any atom is 0.433 e. The van der Waals surface area contributed by atoms with Gasteiger partial charge in [-0.15, -0.1) is 0 Å². The highest BCUT2D eigenvalue weighted by Gasteiger charge is 2.32. The lowest BCUT2D eigenvalue weighted by atomic mass is 10.3. The highest BCUT2D eigenvalue weighted by molar-refractivity contribution is 7.89. The second-order valence-corrected chi connectivity index (χ2v) is 5.58. The van der Waals surface area contributed by atoms with E-state index in [-0.39, 0.29) is 24.7 Å². The summed E-state index contributed by atoms with van der Waals surface area (Å²) in [4.78, 5) is 3.36. The van der Waals surface area contributed by atoms with Crippen LogP contribution in [0.4, 0.5) is 19.0 Å². The van der Waals surface area contributed by atoms with E-state index < -0.39 is 21.9 Å². The third-order valence-electron chi connectivity index (χ3n) is 2.08. The normalized spacial score (nSPS) is 12.4. The van der Waals surface area contributed by atoms with Gasteiger partial charge in [-0.25, -0.2) is 18.1 Å². The molecule has 9 heteroatoms. The molecule has 0 saturated carbocycles. The van der Waals surface area contributed by atoms with E-state index >= 15 is 0 Å². The fourth-order valence-electron chi connectivity index (χ4n) is 1.30. The van der Waals surface area contributed by atoms with Gasteiger partial charge in [0.05, 0.1) is 5.75 Å². The summed E-state index contributed by atoms with van der Waals surface area (Å²) in [7, 11) is -3.40. The second-order valence-electron chi connectivity index (χ2n) is 3.65. The molecule has 1 aromatic heterocycles. The van der Waals surface area contributed by atoms with Crippen LogP contribution >= 0.6 is 0 Å². The molecule has 0 spiro atoms. The number of halogens is 3. The molecule has 0 bridgehead atoms. The minimum atomic E-state index is -4.52. The van der Waals surface area contributed by atoms with Crippen LogP contribution in [0.2, 0.25) is 0 Å². The van der Waals surface area contributed by atoms with Crippen molar-refractivity contribution in [3.05, 3.63) is 23.9 Å². The van der Waals surface area contributed by atoms with Crippen LogP contribution in [0.1, 0.15) is 12.6 Å². The number of nitrogens with zero attached hydrogens (tertiary/aromatic N) is 1. The molecule has 2 N–H and O–H groups in total. The Hall–Kier alpha value is -1.35. The molecule has 0 radical (unpaired) electrons. The van der Waals surface area contributed by atoms with Crippen molar-refractivity contribution in [2.75, 3.05) is 24.2 Å². The smallest absolute Gasteiger partial charge is 0.369 e. The maximum absolute atomic E-state index is 12.4. The summed E-state index contributed by atoms with van der Waals surface area (Å²) < 4.78 is 62.0. The van der Waals surface area contributed by atoms with Gasteiger partial charge in [-0.2, -0.15) is 13.2 Å². The van der Waals surface area contributed by atoms with E-state index in [0.29, 0.717) is 0 Å². The lowest BCUT2D eigenvalue weighted by Gasteiger charge is -2.09. The summed E-state index contributed by atoms with van der Waals surface area (Å²) in [5.74, 6) is -0.250. The van der Waals surface area contributed by atoms with Gasteiger partial charge in [0.25, 0.3) is 0 Å². The van der Waals surface area contributed by atoms with E-state index in [1.165, 1.54) is 12.1 Å². The molecule has 108 valence electrons. The molecular formula is C10H14F3N3O2S. The van der Waals surface area contributed by atoms with Crippen molar-refractivity contribution in [1.82, 2.24) is 9.71 Å². The highest BCUT2D eigenvalue weighted by atomic mass is 32.2. The zero-order valence-corrected chi connectivity index (χ0v) is 11.0. The van der Waals surface area contributed by atoms with Crippen LogP contribution in [0.15, 0.2) is 18.2 Å². The molecule has 0 unspecified atom stereocenters. The van der Waals surface area contributed by atoms with Crippen LogP contribution in [0.25, 0.3) is 0 Å². The monoisotopic (exact) mass is 297 g/mol. The Labute approximate surface area is 109 Å². The first-order chi connectivity index (χ1) is 8.74. The number of rotatable bonds is 6. The van der Waals surface area contributed by atoms with Gasteiger partial charge in [0.1, 0.15) is 11.5 Å². The molecule has 0 amide bonds. The first-order valence-corrected chi connectivity index (χ1v) is 7.15. The molecule has 0 saturated heterocycles. The van der Waals surface area contributed by atoms with Gasteiger partial charge in [-0.05, 0) is 12.1 Å². The Balaban J connectivity index is 2.60. The molecule has 0 aliphatic rings. The van der Waals surface area contributed by atoms with Crippen molar-refractivity contribution in [1.29, 1.82) is 0 Å². The van der Waals surface area contributed by atoms with E-state index in [4.69, 9.17) is 0 Å². The Kier molecular flexibility index (Phi) is 5.12. The standard InChI is InChI=1S/C10H14F3N3O2S/c1-2-15-19(17,18)7-6-14-9-5-3-4-8(16-9)10(11,12)13/h3-5,15H,2,6-7H2,1H3,(H,14,16). The van der Waals surface area contributed by atoms with Gasteiger partial charge in [0.2, 0.25) is 10.0 Å². The van der Waals surface area contributed by atoms with Gasteiger partial charge in [0, 0.05) is 13.1 Å². The molecule has 0 aliphatic heterocycles. The van der Waals surface area contributed by atoms with Gasteiger partial charge >= 0.3 is 6.18 Å². The van der Waals surface area contributed by atoms with Crippen LogP contribution in [0.5, 0.6) is 0 Å². The largest absolute Gasteiger partial charge is 0.433 e. The fraction of sp³-hybridized carbons (Fsp3) is 0.500. The molecule has 1 heterocycles. The van der Waals surface area contributed by atoms with Crippen LogP contribution in [0.3, 0.4) is 0 Å². The molecule has 1 aromatic rings. The number of sulfonamides is 1. The average Bonchev–Trinajstić information content (AvgIpc) is 2.28. The summed E-state index contributed by atoms with van der Waals surface area (Å²) in [5.41, 5.74) is -1.02. The van der Waals surface area contributed by atoms with Gasteiger partial charge in [0.15, 0.2) is 0 Å². The van der Waals surface area contributed by atoms with Crippen molar-refractivity contribution >= 4 is 15.8 Å². The number of pyridine rings is 1. The predicted octanol–water partition coefficient (Wildman–Crippen LogP) is 1.45. The molecule has 1 rings (SSSR count). The second kappa shape index (κ2) is 6.20. The number of hydrogen-bond acceptors (Lipinski definition) is 4. The van der Waals surface area contributed by atoms with E-state index in [2.05, 4.69) is 15.0 Å². The summed E-state index contributed by atoms with van der Waals surface area (Å²) in [6.07, 6.45) is -4.52. The van der Waals surface area contributed by atoms with Crippen molar-refractivity contribution in [3.63, 3.8) is 0 Å². The van der Waals surface area contributed by atoms with Crippen molar-refractivity contribution in [2.24, 2.45) is 0 Å². The zero-order chi connectivity index (χ0) is 14.5. The van der Waals surface area contributed by atoms with Crippen LogP contribution in [-0.2, 0) is 16.2 Å². The topological polar surface area (TPSA) is 71.1 Å². The lowest BCUT2D eigenvalue weighted by Crippen LogP contribution is -2.29. The molecule has 5 nitrogen and oxygen atoms in total. The summed E-state index contributed by atoms with van der Waals surface area (Å²) >= 11 is 0. The van der Waals surface area contributed by atoms with Crippen LogP contribution in [0, 0.1) is 0 Å². The number of aromatic nitrogens is 1. The third-order valence-corrected chi connectivity index (χ3v) is 3.55. The Morgan fingerprint density at radius 3 is 2.58 bits per heavy atom. The van der Waals surface area contributed by atoms with Crippen molar-refractivity contribution in [2.45, 2.75) is 13.1 Å². The zero-order valence-electron chi connectivity index (χ0n) is 10.2. The van der Waals surface area contributed by atoms with Gasteiger partial charge < -0.3 is 5.32 Å². The number of alkyl halides is 3. The Morgan fingerprint density at radius 1 is 1.32 bits per heavy atom. The summed E-state index contributed by atoms with van der Waals surface area (Å²) in [5, 5.41) is 2.54. The quantitative estimate of drug-likeness (QED) is 0.834. The highest BCUT2D eigenvalue weighted by Crippen LogP contribution is 2.27. The first-order valence-electron chi connectivity index (χ1n) is 5.50. The Morgan fingerprint density at radius 2 is 2.00 bits per heavy atom. The van der Waals surface area contributed by atoms with Gasteiger partial charge in [-0.1, -0.05) is 13.0 Å². The number of nitrogens with one attached hydrogen (secondary N) is 2. The average molecular weight is 297 g/mol. The minimum Gasteiger partial charge on any atom is -0.369 e. The fourth-order valence-corrected chi connectivity index (χ4v) is 2.25. The van der Waals surface area contributed by atoms with E-state index in [0.717, 1.165) is 6.07 Å². The third kappa shape index (κ3) is 5.43. The van der Waals surface area contributed by atoms with Crippen molar-refractivity contribution < 1.29 is 21.6 Å². The lowest BCUT2D eigenvalue weighted by molar-refractivity contribution is -0.141. The number of hydrogen-bond donors (Lipinski definition) is 2. The van der Waals surface area contributed by atoms with Crippen LogP contribution < -0.4 is 10.0 Å². The minimum absolute atomic E-state index is 0.0125. The molecule has 0 aliphatic carbocycles. The first kappa shape index (κ1) is 15.7. The van der Waals surface area contributed by atoms with Gasteiger partial charge in [-0.3, -0.25) is 0 Å². The summed E-state index contributed by atoms with van der Waals surface area (Å²) in [6, 6.07) is 3.40. The molecule has 0 atom stereocenters. The molecular weight excluding hydrogens is 283 g/mol. The van der Waals surface area contributed by atoms with E-state index in [9.17, 15) is 21.6 Å². The summed E-state index contributed by atoms with van der Waals surface area (Å²) in [6.45, 7) is 1.88.